The lowest BCUT2D eigenvalue weighted by atomic mass is 10.1. The summed E-state index contributed by atoms with van der Waals surface area (Å²) in [5.41, 5.74) is 6.46. The predicted octanol–water partition coefficient (Wildman–Crippen LogP) is 1.42. The maximum Gasteiger partial charge on any atom is 0.288 e. The lowest BCUT2D eigenvalue weighted by molar-refractivity contribution is -0.114. The topological polar surface area (TPSA) is 100 Å². The number of nitrogens with one attached hydrogen (secondary N) is 3. The maximum atomic E-state index is 12.1. The number of carbonyl (C=O) groups excluding carboxylic acids is 3. The Balaban J connectivity index is 2.03. The zero-order valence-corrected chi connectivity index (χ0v) is 12.7. The zero-order chi connectivity index (χ0) is 16.8. The lowest BCUT2D eigenvalue weighted by Crippen LogP contribution is -2.41. The highest BCUT2D eigenvalue weighted by Crippen LogP contribution is 2.16. The largest absolute Gasteiger partial charge is 0.326 e. The molecule has 0 saturated heterocycles. The summed E-state index contributed by atoms with van der Waals surface area (Å²) in [5.74, 6) is -1.25. The Hall–Kier alpha value is -3.22. The molecule has 23 heavy (non-hydrogen) atoms. The van der Waals surface area contributed by atoms with Gasteiger partial charge in [-0.2, -0.15) is 0 Å². The van der Waals surface area contributed by atoms with E-state index in [2.05, 4.69) is 21.2 Å². The minimum absolute atomic E-state index is 0.190. The number of aromatic nitrogens is 1. The Morgan fingerprint density at radius 3 is 2.39 bits per heavy atom. The molecule has 3 amide bonds. The number of hydrazine groups is 1. The summed E-state index contributed by atoms with van der Waals surface area (Å²) in [5, 5.41) is 2.64. The molecular weight excluding hydrogens is 296 g/mol. The van der Waals surface area contributed by atoms with E-state index in [1.54, 1.807) is 30.3 Å². The second-order valence-electron chi connectivity index (χ2n) is 4.83. The Labute approximate surface area is 133 Å². The van der Waals surface area contributed by atoms with Gasteiger partial charge in [0.05, 0.1) is 0 Å². The van der Waals surface area contributed by atoms with Gasteiger partial charge in [-0.15, -0.1) is 0 Å². The summed E-state index contributed by atoms with van der Waals surface area (Å²) in [6.45, 7) is 3.20. The molecule has 0 aliphatic heterocycles. The Morgan fingerprint density at radius 2 is 1.74 bits per heavy atom. The van der Waals surface area contributed by atoms with Crippen LogP contribution in [0.5, 0.6) is 0 Å². The molecule has 1 aromatic carbocycles. The molecule has 2 aromatic rings. The fourth-order valence-corrected chi connectivity index (χ4v) is 1.83. The van der Waals surface area contributed by atoms with Crippen LogP contribution in [0.1, 0.15) is 33.3 Å². The molecule has 0 atom stereocenters. The Bertz CT molecular complexity index is 744. The average molecular weight is 312 g/mol. The average Bonchev–Trinajstić information content (AvgIpc) is 2.54. The van der Waals surface area contributed by atoms with E-state index in [-0.39, 0.29) is 11.6 Å². The van der Waals surface area contributed by atoms with Gasteiger partial charge >= 0.3 is 0 Å². The molecule has 0 unspecified atom stereocenters. The Kier molecular flexibility index (Phi) is 5.03. The van der Waals surface area contributed by atoms with Gasteiger partial charge in [0.15, 0.2) is 0 Å². The number of nitrogens with zero attached hydrogens (tertiary/aromatic N) is 1. The van der Waals surface area contributed by atoms with E-state index in [1.165, 1.54) is 19.2 Å². The molecule has 0 aliphatic carbocycles. The van der Waals surface area contributed by atoms with E-state index in [0.717, 1.165) is 5.56 Å². The van der Waals surface area contributed by atoms with Crippen molar-refractivity contribution in [2.75, 3.05) is 5.32 Å². The molecular formula is C16H16N4O3. The van der Waals surface area contributed by atoms with E-state index >= 15 is 0 Å². The van der Waals surface area contributed by atoms with Crippen LogP contribution in [-0.2, 0) is 4.79 Å². The van der Waals surface area contributed by atoms with Gasteiger partial charge in [0, 0.05) is 24.4 Å². The second kappa shape index (κ2) is 7.17. The number of benzene rings is 1. The van der Waals surface area contributed by atoms with E-state index < -0.39 is 11.8 Å². The van der Waals surface area contributed by atoms with Gasteiger partial charge in [-0.05, 0) is 36.8 Å². The van der Waals surface area contributed by atoms with Crippen molar-refractivity contribution in [2.45, 2.75) is 13.8 Å². The van der Waals surface area contributed by atoms with Crippen LogP contribution in [-0.4, -0.2) is 22.7 Å². The molecule has 3 N–H and O–H groups in total. The molecule has 0 saturated carbocycles. The van der Waals surface area contributed by atoms with Crippen molar-refractivity contribution in [3.63, 3.8) is 0 Å². The van der Waals surface area contributed by atoms with E-state index in [1.807, 2.05) is 6.92 Å². The monoisotopic (exact) mass is 312 g/mol. The molecule has 0 spiro atoms. The molecule has 0 bridgehead atoms. The number of anilines is 1. The molecule has 2 rings (SSSR count). The van der Waals surface area contributed by atoms with Crippen LogP contribution >= 0.6 is 0 Å². The number of pyridine rings is 1. The van der Waals surface area contributed by atoms with Crippen molar-refractivity contribution in [3.05, 3.63) is 59.4 Å². The highest BCUT2D eigenvalue weighted by atomic mass is 16.2. The SMILES string of the molecule is CC(=O)Nc1cc(C(=O)NNC(=O)c2ccccn2)ccc1C. The predicted molar refractivity (Wildman–Crippen MR) is 84.7 cm³/mol. The smallest absolute Gasteiger partial charge is 0.288 e. The first-order valence-corrected chi connectivity index (χ1v) is 6.87. The first-order valence-electron chi connectivity index (χ1n) is 6.87. The van der Waals surface area contributed by atoms with Crippen LogP contribution in [0.2, 0.25) is 0 Å². The molecule has 0 fully saturated rings. The van der Waals surface area contributed by atoms with Crippen molar-refractivity contribution in [1.82, 2.24) is 15.8 Å². The lowest BCUT2D eigenvalue weighted by Gasteiger charge is -2.10. The van der Waals surface area contributed by atoms with Crippen LogP contribution in [0.4, 0.5) is 5.69 Å². The summed E-state index contributed by atoms with van der Waals surface area (Å²) in [4.78, 5) is 38.9. The third-order valence-corrected chi connectivity index (χ3v) is 3.00. The minimum atomic E-state index is -0.520. The van der Waals surface area contributed by atoms with Gasteiger partial charge < -0.3 is 5.32 Å². The fraction of sp³-hybridized carbons (Fsp3) is 0.125. The molecule has 1 heterocycles. The molecule has 118 valence electrons. The fourth-order valence-electron chi connectivity index (χ4n) is 1.83. The van der Waals surface area contributed by atoms with Gasteiger partial charge in [-0.3, -0.25) is 30.2 Å². The van der Waals surface area contributed by atoms with Crippen LogP contribution in [0.15, 0.2) is 42.6 Å². The standard InChI is InChI=1S/C16H16N4O3/c1-10-6-7-12(9-14(10)18-11(2)21)15(22)19-20-16(23)13-5-3-4-8-17-13/h3-9H,1-2H3,(H,18,21)(H,19,22)(H,20,23). The second-order valence-corrected chi connectivity index (χ2v) is 4.83. The summed E-state index contributed by atoms with van der Waals surface area (Å²) >= 11 is 0. The first-order chi connectivity index (χ1) is 11.0. The molecule has 0 aliphatic rings. The maximum absolute atomic E-state index is 12.1. The summed E-state index contributed by atoms with van der Waals surface area (Å²) < 4.78 is 0. The van der Waals surface area contributed by atoms with Crippen molar-refractivity contribution in [1.29, 1.82) is 0 Å². The van der Waals surface area contributed by atoms with Gasteiger partial charge in [-0.25, -0.2) is 0 Å². The summed E-state index contributed by atoms with van der Waals surface area (Å²) in [6.07, 6.45) is 1.48. The highest BCUT2D eigenvalue weighted by molar-refractivity contribution is 5.99. The highest BCUT2D eigenvalue weighted by Gasteiger charge is 2.11. The number of hydrogen-bond donors (Lipinski definition) is 3. The van der Waals surface area contributed by atoms with Crippen LogP contribution in [0.3, 0.4) is 0 Å². The van der Waals surface area contributed by atoms with E-state index in [9.17, 15) is 14.4 Å². The number of hydrogen-bond acceptors (Lipinski definition) is 4. The number of rotatable bonds is 3. The Morgan fingerprint density at radius 1 is 1.00 bits per heavy atom. The molecule has 1 aromatic heterocycles. The number of carbonyl (C=O) groups is 3. The first kappa shape index (κ1) is 16.2. The third kappa shape index (κ3) is 4.37. The third-order valence-electron chi connectivity index (χ3n) is 3.00. The summed E-state index contributed by atoms with van der Waals surface area (Å²) in [7, 11) is 0. The van der Waals surface area contributed by atoms with Gasteiger partial charge in [0.25, 0.3) is 11.8 Å². The van der Waals surface area contributed by atoms with E-state index in [4.69, 9.17) is 0 Å². The summed E-state index contributed by atoms with van der Waals surface area (Å²) in [6, 6.07) is 9.74. The molecule has 7 heteroatoms. The van der Waals surface area contributed by atoms with Crippen molar-refractivity contribution < 1.29 is 14.4 Å². The van der Waals surface area contributed by atoms with Gasteiger partial charge in [-0.1, -0.05) is 12.1 Å². The van der Waals surface area contributed by atoms with Crippen LogP contribution in [0.25, 0.3) is 0 Å². The normalized spacial score (nSPS) is 9.83. The minimum Gasteiger partial charge on any atom is -0.326 e. The quantitative estimate of drug-likeness (QED) is 0.746. The molecule has 7 nitrogen and oxygen atoms in total. The van der Waals surface area contributed by atoms with E-state index in [0.29, 0.717) is 11.3 Å². The zero-order valence-electron chi connectivity index (χ0n) is 12.7. The van der Waals surface area contributed by atoms with Crippen molar-refractivity contribution in [2.24, 2.45) is 0 Å². The van der Waals surface area contributed by atoms with Crippen molar-refractivity contribution >= 4 is 23.4 Å². The van der Waals surface area contributed by atoms with Gasteiger partial charge in [0.2, 0.25) is 5.91 Å². The van der Waals surface area contributed by atoms with Crippen LogP contribution in [0, 0.1) is 6.92 Å². The van der Waals surface area contributed by atoms with Crippen molar-refractivity contribution in [3.8, 4) is 0 Å². The molecule has 0 radical (unpaired) electrons. The van der Waals surface area contributed by atoms with Gasteiger partial charge in [0.1, 0.15) is 5.69 Å². The number of amides is 3. The number of aryl methyl sites for hydroxylation is 1. The van der Waals surface area contributed by atoms with Crippen LogP contribution < -0.4 is 16.2 Å².